The molecule has 2 unspecified atom stereocenters. The van der Waals surface area contributed by atoms with Crippen LogP contribution in [0.2, 0.25) is 0 Å². The fraction of sp³-hybridized carbons (Fsp3) is 1.00. The van der Waals surface area contributed by atoms with Crippen molar-refractivity contribution in [2.75, 3.05) is 60.0 Å². The largest absolute Gasteiger partial charge is 0.394 e. The third kappa shape index (κ3) is 36.7. The van der Waals surface area contributed by atoms with E-state index in [0.717, 1.165) is 13.2 Å². The third-order valence-electron chi connectivity index (χ3n) is 1.81. The first-order valence-electron chi connectivity index (χ1n) is 7.33. The highest BCUT2D eigenvalue weighted by atomic mass is 16.6. The summed E-state index contributed by atoms with van der Waals surface area (Å²) in [6.07, 6.45) is -1.43. The predicted octanol–water partition coefficient (Wildman–Crippen LogP) is -0.621. The summed E-state index contributed by atoms with van der Waals surface area (Å²) in [5, 5.41) is 33.2. The fourth-order valence-electron chi connectivity index (χ4n) is 0.741. The number of aliphatic hydroxyl groups excluding tert-OH is 4. The zero-order chi connectivity index (χ0) is 17.6. The van der Waals surface area contributed by atoms with Crippen molar-refractivity contribution in [1.29, 1.82) is 0 Å². The number of hydrogen-bond acceptors (Lipinski definition) is 8. The van der Waals surface area contributed by atoms with Gasteiger partial charge in [-0.1, -0.05) is 0 Å². The Bertz CT molecular complexity index is 167. The van der Waals surface area contributed by atoms with Crippen molar-refractivity contribution in [1.82, 2.24) is 0 Å². The molecular weight excluding hydrogens is 296 g/mol. The maximum Gasteiger partial charge on any atom is 0.177 e. The smallest absolute Gasteiger partial charge is 0.177 e. The van der Waals surface area contributed by atoms with Crippen LogP contribution in [0.5, 0.6) is 0 Å². The van der Waals surface area contributed by atoms with Crippen molar-refractivity contribution in [3.05, 3.63) is 0 Å². The lowest BCUT2D eigenvalue weighted by Crippen LogP contribution is -2.19. The average molecular weight is 330 g/mol. The van der Waals surface area contributed by atoms with E-state index in [1.165, 1.54) is 14.0 Å². The Balaban J connectivity index is -0.000000298. The van der Waals surface area contributed by atoms with Crippen molar-refractivity contribution < 1.29 is 39.4 Å². The zero-order valence-electron chi connectivity index (χ0n) is 14.2. The van der Waals surface area contributed by atoms with Crippen LogP contribution in [-0.2, 0) is 18.9 Å². The molecule has 0 radical (unpaired) electrons. The van der Waals surface area contributed by atoms with Gasteiger partial charge in [-0.15, -0.1) is 0 Å². The normalized spacial score (nSPS) is 12.5. The second-order valence-corrected chi connectivity index (χ2v) is 3.91. The predicted molar refractivity (Wildman–Crippen MR) is 82.7 cm³/mol. The summed E-state index contributed by atoms with van der Waals surface area (Å²) in [7, 11) is 1.40. The van der Waals surface area contributed by atoms with E-state index < -0.39 is 12.4 Å². The van der Waals surface area contributed by atoms with E-state index in [4.69, 9.17) is 34.6 Å². The molecule has 0 fully saturated rings. The quantitative estimate of drug-likeness (QED) is 0.292. The van der Waals surface area contributed by atoms with Gasteiger partial charge in [0, 0.05) is 20.3 Å². The lowest BCUT2D eigenvalue weighted by molar-refractivity contribution is -0.123. The van der Waals surface area contributed by atoms with E-state index in [-0.39, 0.29) is 19.8 Å². The summed E-state index contributed by atoms with van der Waals surface area (Å²) >= 11 is 0. The lowest BCUT2D eigenvalue weighted by atomic mass is 10.5. The topological polar surface area (TPSA) is 118 Å². The Kier molecular flexibility index (Phi) is 30.9. The van der Waals surface area contributed by atoms with Gasteiger partial charge in [0.05, 0.1) is 45.7 Å². The molecule has 8 heteroatoms. The number of ether oxygens (including phenoxy) is 4. The highest BCUT2D eigenvalue weighted by Crippen LogP contribution is 1.85. The molecule has 0 aromatic carbocycles. The number of hydrogen-bond donors (Lipinski definition) is 4. The van der Waals surface area contributed by atoms with Gasteiger partial charge in [-0.05, 0) is 20.8 Å². The minimum Gasteiger partial charge on any atom is -0.394 e. The molecule has 0 rings (SSSR count). The highest BCUT2D eigenvalue weighted by Gasteiger charge is 1.99. The first kappa shape index (κ1) is 26.6. The van der Waals surface area contributed by atoms with Crippen LogP contribution in [0, 0.1) is 0 Å². The van der Waals surface area contributed by atoms with E-state index in [1.807, 2.05) is 13.8 Å². The number of aliphatic hydroxyl groups is 4. The summed E-state index contributed by atoms with van der Waals surface area (Å²) < 4.78 is 19.2. The van der Waals surface area contributed by atoms with Gasteiger partial charge in [-0.25, -0.2) is 0 Å². The van der Waals surface area contributed by atoms with Crippen LogP contribution in [0.15, 0.2) is 0 Å². The van der Waals surface area contributed by atoms with Gasteiger partial charge < -0.3 is 39.4 Å². The molecule has 4 N–H and O–H groups in total. The van der Waals surface area contributed by atoms with Crippen molar-refractivity contribution in [3.63, 3.8) is 0 Å². The maximum absolute atomic E-state index is 8.83. The van der Waals surface area contributed by atoms with Gasteiger partial charge >= 0.3 is 0 Å². The SMILES string of the molecule is CC(O)CO.CCOCC.COC(O)COCCOCCO. The van der Waals surface area contributed by atoms with Crippen molar-refractivity contribution in [3.8, 4) is 0 Å². The zero-order valence-corrected chi connectivity index (χ0v) is 14.2. The lowest BCUT2D eigenvalue weighted by Gasteiger charge is -2.08. The van der Waals surface area contributed by atoms with Gasteiger partial charge in [0.25, 0.3) is 0 Å². The Labute approximate surface area is 133 Å². The Morgan fingerprint density at radius 2 is 1.36 bits per heavy atom. The van der Waals surface area contributed by atoms with Gasteiger partial charge in [0.2, 0.25) is 0 Å². The minimum absolute atomic E-state index is 0.0146. The minimum atomic E-state index is -0.872. The van der Waals surface area contributed by atoms with Crippen LogP contribution in [0.1, 0.15) is 20.8 Å². The maximum atomic E-state index is 8.83. The Hall–Kier alpha value is -0.320. The van der Waals surface area contributed by atoms with Gasteiger partial charge in [-0.2, -0.15) is 0 Å². The van der Waals surface area contributed by atoms with E-state index in [9.17, 15) is 0 Å². The fourth-order valence-corrected chi connectivity index (χ4v) is 0.741. The van der Waals surface area contributed by atoms with E-state index in [1.54, 1.807) is 0 Å². The second kappa shape index (κ2) is 25.6. The summed E-state index contributed by atoms with van der Waals surface area (Å²) in [6.45, 7) is 8.33. The molecule has 0 aliphatic carbocycles. The molecule has 8 nitrogen and oxygen atoms in total. The third-order valence-corrected chi connectivity index (χ3v) is 1.81. The molecule has 0 aromatic heterocycles. The molecule has 0 heterocycles. The molecule has 22 heavy (non-hydrogen) atoms. The molecule has 0 amide bonds. The van der Waals surface area contributed by atoms with Crippen LogP contribution in [0.4, 0.5) is 0 Å². The summed E-state index contributed by atoms with van der Waals surface area (Å²) in [5.41, 5.74) is 0. The molecule has 2 atom stereocenters. The molecular formula is C14H34O8. The van der Waals surface area contributed by atoms with Crippen molar-refractivity contribution in [2.24, 2.45) is 0 Å². The van der Waals surface area contributed by atoms with Crippen LogP contribution >= 0.6 is 0 Å². The first-order chi connectivity index (χ1) is 10.5. The number of rotatable bonds is 11. The van der Waals surface area contributed by atoms with Gasteiger partial charge in [-0.3, -0.25) is 0 Å². The van der Waals surface area contributed by atoms with Crippen LogP contribution in [0.3, 0.4) is 0 Å². The van der Waals surface area contributed by atoms with Gasteiger partial charge in [0.15, 0.2) is 6.29 Å². The Morgan fingerprint density at radius 1 is 0.864 bits per heavy atom. The highest BCUT2D eigenvalue weighted by molar-refractivity contribution is 4.36. The average Bonchev–Trinajstić information content (AvgIpc) is 2.52. The standard InChI is InChI=1S/C7H16O5.C4H10O.C3H8O2/c1-10-7(9)6-12-5-4-11-3-2-8;1-3-5-4-2;1-3(5)2-4/h7-9H,2-6H2,1H3;3-4H2,1-2H3;3-5H,2H2,1H3. The molecule has 0 aliphatic rings. The van der Waals surface area contributed by atoms with E-state index in [0.29, 0.717) is 19.8 Å². The number of methoxy groups -OCH3 is 1. The van der Waals surface area contributed by atoms with E-state index >= 15 is 0 Å². The van der Waals surface area contributed by atoms with Crippen LogP contribution < -0.4 is 0 Å². The second-order valence-electron chi connectivity index (χ2n) is 3.91. The molecule has 0 spiro atoms. The summed E-state index contributed by atoms with van der Waals surface area (Å²) in [6, 6.07) is 0. The van der Waals surface area contributed by atoms with Crippen molar-refractivity contribution >= 4 is 0 Å². The van der Waals surface area contributed by atoms with Crippen LogP contribution in [-0.4, -0.2) is 92.8 Å². The van der Waals surface area contributed by atoms with Crippen molar-refractivity contribution in [2.45, 2.75) is 33.2 Å². The monoisotopic (exact) mass is 330 g/mol. The van der Waals surface area contributed by atoms with Crippen LogP contribution in [0.25, 0.3) is 0 Å². The molecule has 0 bridgehead atoms. The molecule has 0 saturated heterocycles. The molecule has 0 aliphatic heterocycles. The Morgan fingerprint density at radius 3 is 1.68 bits per heavy atom. The first-order valence-corrected chi connectivity index (χ1v) is 7.33. The molecule has 0 aromatic rings. The van der Waals surface area contributed by atoms with E-state index in [2.05, 4.69) is 4.74 Å². The summed E-state index contributed by atoms with van der Waals surface area (Å²) in [4.78, 5) is 0. The van der Waals surface area contributed by atoms with Gasteiger partial charge in [0.1, 0.15) is 0 Å². The molecule has 138 valence electrons. The molecule has 0 saturated carbocycles. The summed E-state index contributed by atoms with van der Waals surface area (Å²) in [5.74, 6) is 0.